The van der Waals surface area contributed by atoms with Crippen LogP contribution in [0.4, 0.5) is 0 Å². The van der Waals surface area contributed by atoms with Gasteiger partial charge in [0, 0.05) is 5.92 Å². The molecule has 1 aromatic rings. The van der Waals surface area contributed by atoms with Gasteiger partial charge >= 0.3 is 0 Å². The Hall–Kier alpha value is -1.96. The largest absolute Gasteiger partial charge is 0.368 e. The van der Waals surface area contributed by atoms with Crippen LogP contribution in [0.3, 0.4) is 0 Å². The Bertz CT molecular complexity index is 594. The summed E-state index contributed by atoms with van der Waals surface area (Å²) in [6.07, 6.45) is 4.48. The summed E-state index contributed by atoms with van der Waals surface area (Å²) in [6, 6.07) is 0. The molecule has 2 amide bonds. The van der Waals surface area contributed by atoms with E-state index in [1.807, 2.05) is 6.92 Å². The molecule has 1 atom stereocenters. The smallest absolute Gasteiger partial charge is 0.252 e. The number of carbonyl (C=O) groups is 2. The van der Waals surface area contributed by atoms with Crippen LogP contribution in [0.5, 0.6) is 0 Å². The fraction of sp³-hybridized carbons (Fsp3) is 0.733. The molecule has 0 saturated heterocycles. The van der Waals surface area contributed by atoms with Gasteiger partial charge in [0.15, 0.2) is 5.82 Å². The monoisotopic (exact) mass is 322 g/mol. The summed E-state index contributed by atoms with van der Waals surface area (Å²) >= 11 is 0. The van der Waals surface area contributed by atoms with E-state index in [9.17, 15) is 9.59 Å². The van der Waals surface area contributed by atoms with Gasteiger partial charge in [-0.1, -0.05) is 12.1 Å². The number of hydrogen-bond acceptors (Lipinski definition) is 6. The number of nitrogens with one attached hydrogen (secondary N) is 1. The van der Waals surface area contributed by atoms with Gasteiger partial charge in [0.25, 0.3) is 5.89 Å². The number of primary amides is 1. The molecule has 3 N–H and O–H groups in total. The number of aromatic nitrogens is 2. The van der Waals surface area contributed by atoms with Crippen LogP contribution in [0.2, 0.25) is 0 Å². The summed E-state index contributed by atoms with van der Waals surface area (Å²) in [5.74, 6) is 0.765. The van der Waals surface area contributed by atoms with Gasteiger partial charge in [-0.15, -0.1) is 0 Å². The van der Waals surface area contributed by atoms with Crippen LogP contribution in [0.15, 0.2) is 4.52 Å². The maximum absolute atomic E-state index is 12.1. The van der Waals surface area contributed by atoms with Gasteiger partial charge in [-0.2, -0.15) is 4.98 Å². The molecule has 8 nitrogen and oxygen atoms in total. The van der Waals surface area contributed by atoms with Crippen molar-refractivity contribution in [2.24, 2.45) is 11.7 Å². The normalized spacial score (nSPS) is 20.0. The first kappa shape index (κ1) is 15.9. The highest BCUT2D eigenvalue weighted by Gasteiger charge is 2.49. The van der Waals surface area contributed by atoms with E-state index in [0.717, 1.165) is 25.7 Å². The molecule has 1 heterocycles. The molecule has 1 aromatic heterocycles. The van der Waals surface area contributed by atoms with Crippen molar-refractivity contribution in [1.29, 1.82) is 0 Å². The van der Waals surface area contributed by atoms with Crippen molar-refractivity contribution < 1.29 is 18.8 Å². The molecule has 0 bridgehead atoms. The topological polar surface area (TPSA) is 120 Å². The summed E-state index contributed by atoms with van der Waals surface area (Å²) < 4.78 is 10.4. The van der Waals surface area contributed by atoms with Crippen LogP contribution in [0.25, 0.3) is 0 Å². The first-order chi connectivity index (χ1) is 11.0. The number of amides is 2. The van der Waals surface area contributed by atoms with Crippen molar-refractivity contribution in [3.8, 4) is 0 Å². The number of ether oxygens (including phenoxy) is 1. The van der Waals surface area contributed by atoms with E-state index in [0.29, 0.717) is 24.1 Å². The minimum Gasteiger partial charge on any atom is -0.368 e. The van der Waals surface area contributed by atoms with E-state index in [-0.39, 0.29) is 25.0 Å². The number of hydrogen-bond donors (Lipinski definition) is 2. The number of rotatable bonds is 9. The van der Waals surface area contributed by atoms with E-state index < -0.39 is 11.4 Å². The minimum absolute atomic E-state index is 0.0757. The van der Waals surface area contributed by atoms with Gasteiger partial charge in [0.05, 0.1) is 0 Å². The quantitative estimate of drug-likeness (QED) is 0.687. The Kier molecular flexibility index (Phi) is 4.34. The number of carbonyl (C=O) groups excluding carboxylic acids is 2. The maximum Gasteiger partial charge on any atom is 0.252 e. The Morgan fingerprint density at radius 2 is 2.13 bits per heavy atom. The van der Waals surface area contributed by atoms with Crippen molar-refractivity contribution in [1.82, 2.24) is 15.5 Å². The SMILES string of the molecule is CCC(NC(=O)COCc1nc(C2CC2)no1)(C(N)=O)C1CC1. The second kappa shape index (κ2) is 6.27. The average molecular weight is 322 g/mol. The Labute approximate surface area is 134 Å². The maximum atomic E-state index is 12.1. The third kappa shape index (κ3) is 3.52. The van der Waals surface area contributed by atoms with Crippen LogP contribution in [0.1, 0.15) is 56.7 Å². The molecule has 0 spiro atoms. The van der Waals surface area contributed by atoms with Gasteiger partial charge in [0.2, 0.25) is 11.8 Å². The molecule has 0 aromatic carbocycles. The molecule has 0 radical (unpaired) electrons. The Morgan fingerprint density at radius 3 is 2.70 bits per heavy atom. The molecule has 2 aliphatic carbocycles. The summed E-state index contributed by atoms with van der Waals surface area (Å²) in [5, 5.41) is 6.63. The molecule has 126 valence electrons. The van der Waals surface area contributed by atoms with Crippen molar-refractivity contribution in [3.05, 3.63) is 11.7 Å². The van der Waals surface area contributed by atoms with E-state index in [2.05, 4.69) is 15.5 Å². The van der Waals surface area contributed by atoms with Gasteiger partial charge in [-0.05, 0) is 38.0 Å². The predicted octanol–water partition coefficient (Wildman–Crippen LogP) is 0.624. The lowest BCUT2D eigenvalue weighted by atomic mass is 9.89. The van der Waals surface area contributed by atoms with Crippen molar-refractivity contribution >= 4 is 11.8 Å². The van der Waals surface area contributed by atoms with E-state index in [4.69, 9.17) is 15.0 Å². The van der Waals surface area contributed by atoms with Crippen LogP contribution >= 0.6 is 0 Å². The molecule has 2 saturated carbocycles. The van der Waals surface area contributed by atoms with E-state index in [1.54, 1.807) is 0 Å². The highest BCUT2D eigenvalue weighted by atomic mass is 16.5. The first-order valence-electron chi connectivity index (χ1n) is 8.06. The number of nitrogens with zero attached hydrogens (tertiary/aromatic N) is 2. The van der Waals surface area contributed by atoms with Crippen LogP contribution in [-0.4, -0.2) is 34.1 Å². The van der Waals surface area contributed by atoms with Crippen molar-refractivity contribution in [2.75, 3.05) is 6.61 Å². The van der Waals surface area contributed by atoms with Crippen LogP contribution in [0, 0.1) is 5.92 Å². The molecule has 2 aliphatic rings. The predicted molar refractivity (Wildman–Crippen MR) is 79.0 cm³/mol. The van der Waals surface area contributed by atoms with Gasteiger partial charge in [-0.3, -0.25) is 9.59 Å². The summed E-state index contributed by atoms with van der Waals surface area (Å²) in [5.41, 5.74) is 4.55. The zero-order valence-corrected chi connectivity index (χ0v) is 13.2. The third-order valence-electron chi connectivity index (χ3n) is 4.52. The molecule has 8 heteroatoms. The molecule has 0 aliphatic heterocycles. The second-order valence-electron chi connectivity index (χ2n) is 6.32. The fourth-order valence-corrected chi connectivity index (χ4v) is 2.84. The molecule has 2 fully saturated rings. The van der Waals surface area contributed by atoms with Gasteiger partial charge in [-0.25, -0.2) is 0 Å². The summed E-state index contributed by atoms with van der Waals surface area (Å²) in [7, 11) is 0. The molecular formula is C15H22N4O4. The molecule has 1 unspecified atom stereocenters. The lowest BCUT2D eigenvalue weighted by Crippen LogP contribution is -2.59. The minimum atomic E-state index is -0.954. The van der Waals surface area contributed by atoms with E-state index in [1.165, 1.54) is 0 Å². The Balaban J connectivity index is 1.47. The van der Waals surface area contributed by atoms with Gasteiger partial charge < -0.3 is 20.3 Å². The molecule has 23 heavy (non-hydrogen) atoms. The highest BCUT2D eigenvalue weighted by molar-refractivity contribution is 5.91. The van der Waals surface area contributed by atoms with Crippen molar-refractivity contribution in [3.63, 3.8) is 0 Å². The first-order valence-corrected chi connectivity index (χ1v) is 8.06. The average Bonchev–Trinajstić information content (AvgIpc) is 3.43. The van der Waals surface area contributed by atoms with Gasteiger partial charge in [0.1, 0.15) is 18.8 Å². The summed E-state index contributed by atoms with van der Waals surface area (Å²) in [6.45, 7) is 1.75. The molecular weight excluding hydrogens is 300 g/mol. The standard InChI is InChI=1S/C15H22N4O4/c1-2-15(14(16)21,10-5-6-10)18-11(20)7-22-8-12-17-13(19-23-12)9-3-4-9/h9-10H,2-8H2,1H3,(H2,16,21)(H,18,20). The van der Waals surface area contributed by atoms with Crippen molar-refractivity contribution in [2.45, 2.75) is 57.1 Å². The molecule has 3 rings (SSSR count). The van der Waals surface area contributed by atoms with Crippen LogP contribution < -0.4 is 11.1 Å². The zero-order chi connectivity index (χ0) is 16.4. The lowest BCUT2D eigenvalue weighted by molar-refractivity contribution is -0.135. The summed E-state index contributed by atoms with van der Waals surface area (Å²) in [4.78, 5) is 28.0. The van der Waals surface area contributed by atoms with Crippen LogP contribution in [-0.2, 0) is 20.9 Å². The number of nitrogens with two attached hydrogens (primary N) is 1. The third-order valence-corrected chi connectivity index (χ3v) is 4.52. The Morgan fingerprint density at radius 1 is 1.39 bits per heavy atom. The highest BCUT2D eigenvalue weighted by Crippen LogP contribution is 2.41. The lowest BCUT2D eigenvalue weighted by Gasteiger charge is -2.30. The van der Waals surface area contributed by atoms with E-state index >= 15 is 0 Å². The fourth-order valence-electron chi connectivity index (χ4n) is 2.84. The zero-order valence-electron chi connectivity index (χ0n) is 13.2. The second-order valence-corrected chi connectivity index (χ2v) is 6.32.